The Kier molecular flexibility index (Phi) is 7.26. The van der Waals surface area contributed by atoms with Crippen LogP contribution < -0.4 is 10.1 Å². The van der Waals surface area contributed by atoms with Crippen LogP contribution in [0.1, 0.15) is 40.8 Å². The summed E-state index contributed by atoms with van der Waals surface area (Å²) >= 11 is 0. The maximum absolute atomic E-state index is 12.3. The second-order valence-corrected chi connectivity index (χ2v) is 8.68. The van der Waals surface area contributed by atoms with E-state index in [4.69, 9.17) is 4.74 Å². The number of ether oxygens (including phenoxy) is 1. The Morgan fingerprint density at radius 1 is 1.15 bits per heavy atom. The van der Waals surface area contributed by atoms with Crippen LogP contribution in [0, 0.1) is 6.92 Å². The van der Waals surface area contributed by atoms with Crippen LogP contribution in [0.25, 0.3) is 0 Å². The molecular formula is C29H32N2O2. The van der Waals surface area contributed by atoms with Gasteiger partial charge < -0.3 is 10.1 Å². The van der Waals surface area contributed by atoms with Crippen LogP contribution in [0.3, 0.4) is 0 Å². The van der Waals surface area contributed by atoms with Gasteiger partial charge in [-0.15, -0.1) is 6.58 Å². The highest BCUT2D eigenvalue weighted by atomic mass is 16.5. The fourth-order valence-electron chi connectivity index (χ4n) is 4.53. The number of carbonyl (C=O) groups is 1. The summed E-state index contributed by atoms with van der Waals surface area (Å²) in [6, 6.07) is 25.8. The van der Waals surface area contributed by atoms with Crippen molar-refractivity contribution >= 4 is 5.91 Å². The number of hydrogen-bond acceptors (Lipinski definition) is 3. The van der Waals surface area contributed by atoms with Gasteiger partial charge in [-0.3, -0.25) is 9.69 Å². The Morgan fingerprint density at radius 3 is 2.73 bits per heavy atom. The number of amides is 1. The molecule has 4 heteroatoms. The zero-order chi connectivity index (χ0) is 23.2. The van der Waals surface area contributed by atoms with Gasteiger partial charge in [-0.05, 0) is 54.7 Å². The summed E-state index contributed by atoms with van der Waals surface area (Å²) in [7, 11) is 0. The van der Waals surface area contributed by atoms with Crippen molar-refractivity contribution in [3.63, 3.8) is 0 Å². The molecule has 4 rings (SSSR count). The number of fused-ring (bicyclic) bond motifs is 1. The van der Waals surface area contributed by atoms with Crippen molar-refractivity contribution in [3.05, 3.63) is 113 Å². The number of aryl methyl sites for hydroxylation is 1. The zero-order valence-corrected chi connectivity index (χ0v) is 19.5. The van der Waals surface area contributed by atoms with Gasteiger partial charge in [0, 0.05) is 19.6 Å². The lowest BCUT2D eigenvalue weighted by atomic mass is 9.87. The highest BCUT2D eigenvalue weighted by molar-refractivity contribution is 5.80. The molecule has 0 radical (unpaired) electrons. The SMILES string of the molecule is C=CCNC(=O)[C@H](C)Oc1ccc2c(c1)[C@@H](c1ccccc1)N(Cc1cccc(C)c1)CC2. The van der Waals surface area contributed by atoms with Crippen molar-refractivity contribution in [2.45, 2.75) is 39.0 Å². The first-order chi connectivity index (χ1) is 16.0. The lowest BCUT2D eigenvalue weighted by molar-refractivity contribution is -0.127. The average molecular weight is 441 g/mol. The van der Waals surface area contributed by atoms with E-state index in [1.165, 1.54) is 27.8 Å². The van der Waals surface area contributed by atoms with Crippen LogP contribution in [0.4, 0.5) is 0 Å². The molecule has 2 atom stereocenters. The summed E-state index contributed by atoms with van der Waals surface area (Å²) in [5, 5.41) is 2.80. The minimum atomic E-state index is -0.579. The predicted octanol–water partition coefficient (Wildman–Crippen LogP) is 5.21. The van der Waals surface area contributed by atoms with Gasteiger partial charge in [0.15, 0.2) is 6.10 Å². The summed E-state index contributed by atoms with van der Waals surface area (Å²) in [5.74, 6) is 0.571. The van der Waals surface area contributed by atoms with Gasteiger partial charge >= 0.3 is 0 Å². The highest BCUT2D eigenvalue weighted by Crippen LogP contribution is 2.38. The average Bonchev–Trinajstić information content (AvgIpc) is 2.83. The summed E-state index contributed by atoms with van der Waals surface area (Å²) in [4.78, 5) is 14.8. The maximum Gasteiger partial charge on any atom is 0.261 e. The number of carbonyl (C=O) groups excluding carboxylic acids is 1. The molecule has 1 aliphatic heterocycles. The molecule has 3 aromatic rings. The number of hydrogen-bond donors (Lipinski definition) is 1. The van der Waals surface area contributed by atoms with Crippen LogP contribution in [0.2, 0.25) is 0 Å². The van der Waals surface area contributed by atoms with Gasteiger partial charge in [0.25, 0.3) is 5.91 Å². The van der Waals surface area contributed by atoms with Gasteiger partial charge in [0.05, 0.1) is 6.04 Å². The molecule has 0 saturated carbocycles. The Morgan fingerprint density at radius 2 is 1.97 bits per heavy atom. The molecule has 1 amide bonds. The van der Waals surface area contributed by atoms with Gasteiger partial charge in [-0.1, -0.05) is 72.3 Å². The first-order valence-corrected chi connectivity index (χ1v) is 11.6. The lowest BCUT2D eigenvalue weighted by Gasteiger charge is -2.38. The van der Waals surface area contributed by atoms with Crippen molar-refractivity contribution in [2.24, 2.45) is 0 Å². The molecule has 1 heterocycles. The van der Waals surface area contributed by atoms with Gasteiger partial charge in [-0.25, -0.2) is 0 Å². The molecular weight excluding hydrogens is 408 g/mol. The fraction of sp³-hybridized carbons (Fsp3) is 0.276. The minimum absolute atomic E-state index is 0.129. The molecule has 0 fully saturated rings. The molecule has 0 saturated heterocycles. The van der Waals surface area contributed by atoms with Crippen molar-refractivity contribution in [2.75, 3.05) is 13.1 Å². The third-order valence-electron chi connectivity index (χ3n) is 6.13. The smallest absolute Gasteiger partial charge is 0.261 e. The summed E-state index contributed by atoms with van der Waals surface area (Å²) in [6.45, 7) is 9.86. The van der Waals surface area contributed by atoms with Gasteiger partial charge in [0.1, 0.15) is 5.75 Å². The molecule has 0 spiro atoms. The lowest BCUT2D eigenvalue weighted by Crippen LogP contribution is -2.37. The number of rotatable bonds is 8. The molecule has 0 aromatic heterocycles. The van der Waals surface area contributed by atoms with E-state index >= 15 is 0 Å². The van der Waals surface area contributed by atoms with Crippen molar-refractivity contribution in [1.29, 1.82) is 0 Å². The monoisotopic (exact) mass is 440 g/mol. The van der Waals surface area contributed by atoms with Crippen molar-refractivity contribution in [1.82, 2.24) is 10.2 Å². The molecule has 4 nitrogen and oxygen atoms in total. The summed E-state index contributed by atoms with van der Waals surface area (Å²) < 4.78 is 6.03. The Hall–Kier alpha value is -3.37. The van der Waals surface area contributed by atoms with E-state index in [9.17, 15) is 4.79 Å². The zero-order valence-electron chi connectivity index (χ0n) is 19.5. The molecule has 1 N–H and O–H groups in total. The molecule has 33 heavy (non-hydrogen) atoms. The quantitative estimate of drug-likeness (QED) is 0.489. The fourth-order valence-corrected chi connectivity index (χ4v) is 4.53. The second kappa shape index (κ2) is 10.5. The number of benzene rings is 3. The third-order valence-corrected chi connectivity index (χ3v) is 6.13. The number of nitrogens with zero attached hydrogens (tertiary/aromatic N) is 1. The molecule has 170 valence electrons. The second-order valence-electron chi connectivity index (χ2n) is 8.68. The summed E-state index contributed by atoms with van der Waals surface area (Å²) in [6.07, 6.45) is 2.07. The van der Waals surface area contributed by atoms with E-state index in [0.29, 0.717) is 12.3 Å². The standard InChI is InChI=1S/C29H32N2O2/c1-4-16-30-29(32)22(3)33-26-14-13-24-15-17-31(20-23-10-8-9-21(2)18-23)28(27(24)19-26)25-11-6-5-7-12-25/h4-14,18-19,22,28H,1,15-17,20H2,2-3H3,(H,30,32)/t22-,28+/m0/s1. The molecule has 1 aliphatic rings. The topological polar surface area (TPSA) is 41.6 Å². The number of nitrogens with one attached hydrogen (secondary N) is 1. The minimum Gasteiger partial charge on any atom is -0.481 e. The molecule has 3 aromatic carbocycles. The van der Waals surface area contributed by atoms with Crippen molar-refractivity contribution < 1.29 is 9.53 Å². The van der Waals surface area contributed by atoms with Crippen LogP contribution in [-0.4, -0.2) is 30.0 Å². The van der Waals surface area contributed by atoms with Gasteiger partial charge in [0.2, 0.25) is 0 Å². The van der Waals surface area contributed by atoms with Crippen LogP contribution in [-0.2, 0) is 17.8 Å². The highest BCUT2D eigenvalue weighted by Gasteiger charge is 2.29. The van der Waals surface area contributed by atoms with Gasteiger partial charge in [-0.2, -0.15) is 0 Å². The van der Waals surface area contributed by atoms with E-state index in [0.717, 1.165) is 19.5 Å². The van der Waals surface area contributed by atoms with E-state index in [-0.39, 0.29) is 11.9 Å². The first-order valence-electron chi connectivity index (χ1n) is 11.6. The largest absolute Gasteiger partial charge is 0.481 e. The van der Waals surface area contributed by atoms with E-state index < -0.39 is 6.10 Å². The predicted molar refractivity (Wildman–Crippen MR) is 133 cm³/mol. The van der Waals surface area contributed by atoms with E-state index in [1.54, 1.807) is 13.0 Å². The van der Waals surface area contributed by atoms with Crippen molar-refractivity contribution in [3.8, 4) is 5.75 Å². The first kappa shape index (κ1) is 22.8. The third kappa shape index (κ3) is 5.52. The Balaban J connectivity index is 1.64. The normalized spacial score (nSPS) is 16.5. The van der Waals surface area contributed by atoms with E-state index in [2.05, 4.69) is 90.4 Å². The van der Waals surface area contributed by atoms with Crippen LogP contribution in [0.15, 0.2) is 85.5 Å². The molecule has 0 aliphatic carbocycles. The van der Waals surface area contributed by atoms with E-state index in [1.807, 2.05) is 6.07 Å². The Labute approximate surface area is 196 Å². The van der Waals surface area contributed by atoms with Crippen LogP contribution in [0.5, 0.6) is 5.75 Å². The summed E-state index contributed by atoms with van der Waals surface area (Å²) in [5.41, 5.74) is 6.44. The molecule has 0 bridgehead atoms. The van der Waals surface area contributed by atoms with Crippen LogP contribution >= 0.6 is 0 Å². The molecule has 0 unspecified atom stereocenters. The maximum atomic E-state index is 12.3. The Bertz CT molecular complexity index is 1110.